The molecule has 3 amide bonds. The largest absolute Gasteiger partial charge is 0.508 e. The maximum atomic E-state index is 14.1. The van der Waals surface area contributed by atoms with E-state index in [1.807, 2.05) is 0 Å². The van der Waals surface area contributed by atoms with Gasteiger partial charge in [0.05, 0.1) is 6.04 Å². The van der Waals surface area contributed by atoms with Crippen LogP contribution in [0, 0.1) is 17.8 Å². The molecule has 1 heterocycles. The van der Waals surface area contributed by atoms with E-state index in [1.165, 1.54) is 17.5 Å². The number of nitrogens with one attached hydrogen (secondary N) is 3. The Labute approximate surface area is 262 Å². The minimum absolute atomic E-state index is 0.0538. The quantitative estimate of drug-likeness (QED) is 0.419. The molecule has 0 radical (unpaired) electrons. The maximum Gasteiger partial charge on any atom is 0.243 e. The number of hydrogen-bond donors (Lipinski definition) is 4. The molecule has 2 fully saturated rings. The lowest BCUT2D eigenvalue weighted by atomic mass is 9.83. The Morgan fingerprint density at radius 2 is 1.64 bits per heavy atom. The number of carbonyl (C=O) groups is 3. The standard InChI is InChI=1S/C36H50N4O4/c1-23-22-38-33(27-11-5-4-6-12-27)36(44)40(3)24(2)34(42)39-32(20-25-15-17-28(41)18-16-25)35(43)37-19-9-13-26-10-7-8-14-29(26)31-21-30(23)31/h7-8,10,14-18,23-24,27,30-33,38,41H,4-6,9,11-13,19-22H2,1-3H3,(H,37,43)(H,39,42)/t23-,24-,30?,31?,32-,33+/m1/s1. The SMILES string of the molecule is C[C@@H]1CN[C@@H](C2CCCCC2)C(=O)N(C)[C@H](C)C(=O)N[C@H](Cc2ccc(O)cc2)C(=O)NCCCc2ccccc2C2CC21. The summed E-state index contributed by atoms with van der Waals surface area (Å²) in [5, 5.41) is 19.4. The number of carbonyl (C=O) groups excluding carboxylic acids is 3. The van der Waals surface area contributed by atoms with Gasteiger partial charge in [-0.15, -0.1) is 0 Å². The molecule has 2 aromatic carbocycles. The first-order valence-electron chi connectivity index (χ1n) is 16.7. The Morgan fingerprint density at radius 3 is 2.39 bits per heavy atom. The number of rotatable bonds is 3. The average Bonchev–Trinajstić information content (AvgIpc) is 3.84. The highest BCUT2D eigenvalue weighted by atomic mass is 16.3. The lowest BCUT2D eigenvalue weighted by Gasteiger charge is -2.35. The third-order valence-corrected chi connectivity index (χ3v) is 10.3. The molecule has 4 N–H and O–H groups in total. The molecular weight excluding hydrogens is 552 g/mol. The fraction of sp³-hybridized carbons (Fsp3) is 0.583. The molecule has 2 aliphatic carbocycles. The van der Waals surface area contributed by atoms with Gasteiger partial charge in [-0.2, -0.15) is 0 Å². The zero-order valence-electron chi connectivity index (χ0n) is 26.6. The van der Waals surface area contributed by atoms with Gasteiger partial charge in [0, 0.05) is 20.0 Å². The number of hydrogen-bond acceptors (Lipinski definition) is 5. The van der Waals surface area contributed by atoms with Gasteiger partial charge in [-0.3, -0.25) is 14.4 Å². The molecule has 8 nitrogen and oxygen atoms in total. The first-order valence-corrected chi connectivity index (χ1v) is 16.7. The summed E-state index contributed by atoms with van der Waals surface area (Å²) in [7, 11) is 1.71. The summed E-state index contributed by atoms with van der Waals surface area (Å²) in [4.78, 5) is 42.7. The van der Waals surface area contributed by atoms with Crippen LogP contribution in [0.3, 0.4) is 0 Å². The van der Waals surface area contributed by atoms with Gasteiger partial charge < -0.3 is 26.0 Å². The zero-order chi connectivity index (χ0) is 31.2. The van der Waals surface area contributed by atoms with Crippen molar-refractivity contribution in [3.05, 3.63) is 65.2 Å². The van der Waals surface area contributed by atoms with Gasteiger partial charge in [-0.25, -0.2) is 0 Å². The molecule has 0 bridgehead atoms. The van der Waals surface area contributed by atoms with Crippen molar-refractivity contribution in [2.75, 3.05) is 20.1 Å². The predicted octanol–water partition coefficient (Wildman–Crippen LogP) is 4.31. The predicted molar refractivity (Wildman–Crippen MR) is 172 cm³/mol. The van der Waals surface area contributed by atoms with E-state index in [0.717, 1.165) is 57.1 Å². The highest BCUT2D eigenvalue weighted by Crippen LogP contribution is 2.52. The zero-order valence-corrected chi connectivity index (χ0v) is 26.6. The third-order valence-electron chi connectivity index (χ3n) is 10.3. The number of aryl methyl sites for hydroxylation is 1. The average molecular weight is 603 g/mol. The van der Waals surface area contributed by atoms with Crippen LogP contribution in [0.2, 0.25) is 0 Å². The van der Waals surface area contributed by atoms with Crippen LogP contribution in [-0.4, -0.2) is 66.0 Å². The lowest BCUT2D eigenvalue weighted by molar-refractivity contribution is -0.142. The topological polar surface area (TPSA) is 111 Å². The Hall–Kier alpha value is -3.39. The van der Waals surface area contributed by atoms with Gasteiger partial charge >= 0.3 is 0 Å². The molecule has 3 aliphatic rings. The Balaban J connectivity index is 1.39. The smallest absolute Gasteiger partial charge is 0.243 e. The van der Waals surface area contributed by atoms with Crippen LogP contribution in [-0.2, 0) is 27.2 Å². The van der Waals surface area contributed by atoms with E-state index in [4.69, 9.17) is 0 Å². The number of aromatic hydroxyl groups is 1. The summed E-state index contributed by atoms with van der Waals surface area (Å²) < 4.78 is 0. The second-order valence-electron chi connectivity index (χ2n) is 13.4. The number of likely N-dealkylation sites (N-methyl/N-ethyl adjacent to an activating group) is 1. The molecule has 0 saturated heterocycles. The van der Waals surface area contributed by atoms with Crippen LogP contribution >= 0.6 is 0 Å². The number of phenols is 1. The van der Waals surface area contributed by atoms with Gasteiger partial charge in [0.2, 0.25) is 17.7 Å². The van der Waals surface area contributed by atoms with Crippen LogP contribution in [0.4, 0.5) is 0 Å². The monoisotopic (exact) mass is 602 g/mol. The van der Waals surface area contributed by atoms with Crippen molar-refractivity contribution >= 4 is 17.7 Å². The van der Waals surface area contributed by atoms with E-state index in [1.54, 1.807) is 43.1 Å². The van der Waals surface area contributed by atoms with Crippen molar-refractivity contribution in [1.29, 1.82) is 0 Å². The first-order chi connectivity index (χ1) is 21.2. The molecule has 2 aromatic rings. The highest BCUT2D eigenvalue weighted by Gasteiger charge is 2.43. The number of benzene rings is 2. The molecule has 1 aliphatic heterocycles. The second-order valence-corrected chi connectivity index (χ2v) is 13.4. The van der Waals surface area contributed by atoms with Crippen LogP contribution < -0.4 is 16.0 Å². The number of fused-ring (bicyclic) bond motifs is 3. The van der Waals surface area contributed by atoms with Gasteiger partial charge in [-0.05, 0) is 98.1 Å². The minimum atomic E-state index is -0.812. The summed E-state index contributed by atoms with van der Waals surface area (Å²) in [5.74, 6) is 1.27. The molecule has 2 saturated carbocycles. The summed E-state index contributed by atoms with van der Waals surface area (Å²) in [6, 6.07) is 13.5. The van der Waals surface area contributed by atoms with Crippen molar-refractivity contribution in [3.63, 3.8) is 0 Å². The number of amides is 3. The Morgan fingerprint density at radius 1 is 0.909 bits per heavy atom. The summed E-state index contributed by atoms with van der Waals surface area (Å²) in [5.41, 5.74) is 3.58. The van der Waals surface area contributed by atoms with Crippen molar-refractivity contribution in [2.45, 2.75) is 95.7 Å². The van der Waals surface area contributed by atoms with Crippen molar-refractivity contribution in [3.8, 4) is 5.75 Å². The van der Waals surface area contributed by atoms with Crippen LogP contribution in [0.1, 0.15) is 81.4 Å². The van der Waals surface area contributed by atoms with Gasteiger partial charge in [-0.1, -0.05) is 62.6 Å². The molecular formula is C36H50N4O4. The van der Waals surface area contributed by atoms with E-state index in [9.17, 15) is 19.5 Å². The van der Waals surface area contributed by atoms with Crippen LogP contribution in [0.25, 0.3) is 0 Å². The fourth-order valence-corrected chi connectivity index (χ4v) is 7.28. The van der Waals surface area contributed by atoms with Crippen molar-refractivity contribution in [1.82, 2.24) is 20.9 Å². The minimum Gasteiger partial charge on any atom is -0.508 e. The van der Waals surface area contributed by atoms with E-state index in [2.05, 4.69) is 47.1 Å². The van der Waals surface area contributed by atoms with Crippen molar-refractivity contribution < 1.29 is 19.5 Å². The fourth-order valence-electron chi connectivity index (χ4n) is 7.28. The Bertz CT molecular complexity index is 1290. The van der Waals surface area contributed by atoms with Gasteiger partial charge in [0.1, 0.15) is 17.8 Å². The highest BCUT2D eigenvalue weighted by molar-refractivity contribution is 5.93. The molecule has 0 spiro atoms. The summed E-state index contributed by atoms with van der Waals surface area (Å²) in [6.07, 6.45) is 8.60. The maximum absolute atomic E-state index is 14.1. The normalized spacial score (nSPS) is 29.7. The van der Waals surface area contributed by atoms with Crippen LogP contribution in [0.15, 0.2) is 48.5 Å². The number of phenolic OH excluding ortho intramolecular Hbond substituents is 1. The molecule has 6 atom stereocenters. The molecule has 8 heteroatoms. The van der Waals surface area contributed by atoms with E-state index in [0.29, 0.717) is 24.3 Å². The summed E-state index contributed by atoms with van der Waals surface area (Å²) in [6.45, 7) is 5.31. The first kappa shape index (κ1) is 32.0. The van der Waals surface area contributed by atoms with Gasteiger partial charge in [0.15, 0.2) is 0 Å². The Kier molecular flexibility index (Phi) is 10.6. The lowest BCUT2D eigenvalue weighted by Crippen LogP contribution is -2.57. The number of nitrogens with zero attached hydrogens (tertiary/aromatic N) is 1. The second kappa shape index (κ2) is 14.6. The molecule has 0 aromatic heterocycles. The van der Waals surface area contributed by atoms with E-state index < -0.39 is 12.1 Å². The third kappa shape index (κ3) is 7.81. The van der Waals surface area contributed by atoms with E-state index in [-0.39, 0.29) is 41.9 Å². The van der Waals surface area contributed by atoms with E-state index >= 15 is 0 Å². The molecule has 238 valence electrons. The molecule has 44 heavy (non-hydrogen) atoms. The summed E-state index contributed by atoms with van der Waals surface area (Å²) >= 11 is 0. The molecule has 2 unspecified atom stereocenters. The molecule has 5 rings (SSSR count). The van der Waals surface area contributed by atoms with Gasteiger partial charge in [0.25, 0.3) is 0 Å². The van der Waals surface area contributed by atoms with Crippen molar-refractivity contribution in [2.24, 2.45) is 17.8 Å². The van der Waals surface area contributed by atoms with Crippen LogP contribution in [0.5, 0.6) is 5.75 Å².